The molecule has 4 nitrogen and oxygen atoms in total. The highest BCUT2D eigenvalue weighted by Gasteiger charge is 2.11. The third kappa shape index (κ3) is 2.13. The first-order valence-corrected chi connectivity index (χ1v) is 5.65. The molecule has 0 saturated heterocycles. The summed E-state index contributed by atoms with van der Waals surface area (Å²) in [7, 11) is 3.19. The molecule has 0 fully saturated rings. The Morgan fingerprint density at radius 1 is 1.12 bits per heavy atom. The molecule has 0 radical (unpaired) electrons. The van der Waals surface area contributed by atoms with Crippen LogP contribution in [0.2, 0.25) is 5.28 Å². The predicted molar refractivity (Wildman–Crippen MR) is 67.0 cm³/mol. The number of methoxy groups -OCH3 is 2. The Morgan fingerprint density at radius 3 is 2.35 bits per heavy atom. The summed E-state index contributed by atoms with van der Waals surface area (Å²) < 4.78 is 10.5. The smallest absolute Gasteiger partial charge is 0.223 e. The van der Waals surface area contributed by atoms with Gasteiger partial charge in [0.15, 0.2) is 11.5 Å². The van der Waals surface area contributed by atoms with Gasteiger partial charge in [0.05, 0.1) is 25.4 Å². The zero-order chi connectivity index (χ0) is 12.4. The van der Waals surface area contributed by atoms with E-state index in [2.05, 4.69) is 9.97 Å². The minimum atomic E-state index is 0.251. The van der Waals surface area contributed by atoms with Gasteiger partial charge in [0.2, 0.25) is 5.28 Å². The Labute approximate surface area is 105 Å². The molecule has 0 aliphatic rings. The molecule has 0 N–H and O–H groups in total. The first kappa shape index (κ1) is 11.9. The fourth-order valence-corrected chi connectivity index (χ4v) is 1.95. The van der Waals surface area contributed by atoms with Crippen molar-refractivity contribution in [1.29, 1.82) is 0 Å². The van der Waals surface area contributed by atoms with E-state index < -0.39 is 0 Å². The third-order valence-electron chi connectivity index (χ3n) is 2.59. The second kappa shape index (κ2) is 4.75. The molecule has 2 rings (SSSR count). The highest BCUT2D eigenvalue weighted by atomic mass is 35.5. The van der Waals surface area contributed by atoms with Crippen LogP contribution in [0.5, 0.6) is 11.5 Å². The largest absolute Gasteiger partial charge is 0.493 e. The minimum absolute atomic E-state index is 0.251. The van der Waals surface area contributed by atoms with Crippen molar-refractivity contribution in [3.05, 3.63) is 23.1 Å². The fourth-order valence-electron chi connectivity index (χ4n) is 1.76. The summed E-state index contributed by atoms with van der Waals surface area (Å²) in [5.74, 6) is 1.30. The Kier molecular flexibility index (Phi) is 3.33. The Hall–Kier alpha value is -1.55. The highest BCUT2D eigenvalue weighted by Crippen LogP contribution is 2.32. The van der Waals surface area contributed by atoms with E-state index in [9.17, 15) is 0 Å². The van der Waals surface area contributed by atoms with Crippen molar-refractivity contribution in [2.45, 2.75) is 13.3 Å². The van der Waals surface area contributed by atoms with Gasteiger partial charge in [0.25, 0.3) is 0 Å². The SMILES string of the molecule is CCc1nc(Cl)nc2cc(OC)c(OC)cc12. The van der Waals surface area contributed by atoms with Gasteiger partial charge in [-0.1, -0.05) is 6.92 Å². The number of hydrogen-bond acceptors (Lipinski definition) is 4. The van der Waals surface area contributed by atoms with E-state index >= 15 is 0 Å². The second-order valence-corrected chi connectivity index (χ2v) is 3.86. The van der Waals surface area contributed by atoms with Crippen molar-refractivity contribution < 1.29 is 9.47 Å². The molecule has 5 heteroatoms. The van der Waals surface area contributed by atoms with Crippen LogP contribution < -0.4 is 9.47 Å². The molecular formula is C12H13ClN2O2. The molecule has 2 aromatic rings. The summed E-state index contributed by atoms with van der Waals surface area (Å²) in [6.07, 6.45) is 0.786. The third-order valence-corrected chi connectivity index (χ3v) is 2.76. The van der Waals surface area contributed by atoms with Crippen molar-refractivity contribution in [3.63, 3.8) is 0 Å². The lowest BCUT2D eigenvalue weighted by atomic mass is 10.1. The van der Waals surface area contributed by atoms with Crippen molar-refractivity contribution >= 4 is 22.5 Å². The number of ether oxygens (including phenoxy) is 2. The molecule has 0 unspecified atom stereocenters. The minimum Gasteiger partial charge on any atom is -0.493 e. The van der Waals surface area contributed by atoms with Crippen LogP contribution in [0.3, 0.4) is 0 Å². The summed E-state index contributed by atoms with van der Waals surface area (Å²) in [6, 6.07) is 3.68. The average molecular weight is 253 g/mol. The van der Waals surface area contributed by atoms with Crippen LogP contribution in [0.25, 0.3) is 10.9 Å². The van der Waals surface area contributed by atoms with Gasteiger partial charge in [-0.3, -0.25) is 0 Å². The van der Waals surface area contributed by atoms with E-state index in [1.165, 1.54) is 0 Å². The number of hydrogen-bond donors (Lipinski definition) is 0. The average Bonchev–Trinajstić information content (AvgIpc) is 2.35. The van der Waals surface area contributed by atoms with E-state index in [-0.39, 0.29) is 5.28 Å². The zero-order valence-corrected chi connectivity index (χ0v) is 10.7. The van der Waals surface area contributed by atoms with Crippen molar-refractivity contribution in [2.24, 2.45) is 0 Å². The number of aryl methyl sites for hydroxylation is 1. The molecule has 1 heterocycles. The first-order valence-electron chi connectivity index (χ1n) is 5.27. The Bertz CT molecular complexity index is 558. The molecule has 17 heavy (non-hydrogen) atoms. The molecule has 1 aromatic carbocycles. The lowest BCUT2D eigenvalue weighted by molar-refractivity contribution is 0.355. The Balaban J connectivity index is 2.77. The number of rotatable bonds is 3. The van der Waals surface area contributed by atoms with Crippen LogP contribution in [0.4, 0.5) is 0 Å². The number of aromatic nitrogens is 2. The summed E-state index contributed by atoms with van der Waals surface area (Å²) in [5, 5.41) is 1.19. The van der Waals surface area contributed by atoms with Gasteiger partial charge in [0, 0.05) is 11.5 Å². The van der Waals surface area contributed by atoms with Crippen molar-refractivity contribution in [3.8, 4) is 11.5 Å². The van der Waals surface area contributed by atoms with Gasteiger partial charge >= 0.3 is 0 Å². The van der Waals surface area contributed by atoms with E-state index in [0.29, 0.717) is 11.5 Å². The summed E-state index contributed by atoms with van der Waals surface area (Å²) in [5.41, 5.74) is 1.67. The van der Waals surface area contributed by atoms with Crippen LogP contribution in [0.1, 0.15) is 12.6 Å². The summed E-state index contributed by atoms with van der Waals surface area (Å²) >= 11 is 5.88. The van der Waals surface area contributed by atoms with Gasteiger partial charge < -0.3 is 9.47 Å². The van der Waals surface area contributed by atoms with Crippen LogP contribution in [0, 0.1) is 0 Å². The number of benzene rings is 1. The Morgan fingerprint density at radius 2 is 1.76 bits per heavy atom. The summed E-state index contributed by atoms with van der Waals surface area (Å²) in [4.78, 5) is 8.40. The number of fused-ring (bicyclic) bond motifs is 1. The van der Waals surface area contributed by atoms with E-state index in [4.69, 9.17) is 21.1 Å². The molecule has 0 aliphatic carbocycles. The van der Waals surface area contributed by atoms with Crippen molar-refractivity contribution in [2.75, 3.05) is 14.2 Å². The lowest BCUT2D eigenvalue weighted by Crippen LogP contribution is -1.96. The van der Waals surface area contributed by atoms with Gasteiger partial charge in [-0.15, -0.1) is 0 Å². The van der Waals surface area contributed by atoms with Crippen LogP contribution >= 0.6 is 11.6 Å². The fraction of sp³-hybridized carbons (Fsp3) is 0.333. The van der Waals surface area contributed by atoms with Crippen LogP contribution in [0.15, 0.2) is 12.1 Å². The topological polar surface area (TPSA) is 44.2 Å². The van der Waals surface area contributed by atoms with Crippen LogP contribution in [-0.2, 0) is 6.42 Å². The molecule has 0 aliphatic heterocycles. The van der Waals surface area contributed by atoms with Crippen molar-refractivity contribution in [1.82, 2.24) is 9.97 Å². The molecule has 1 aromatic heterocycles. The van der Waals surface area contributed by atoms with Gasteiger partial charge in [-0.25, -0.2) is 9.97 Å². The molecule has 0 amide bonds. The maximum Gasteiger partial charge on any atom is 0.223 e. The molecule has 0 bridgehead atoms. The normalized spacial score (nSPS) is 10.6. The maximum atomic E-state index is 5.88. The maximum absolute atomic E-state index is 5.88. The summed E-state index contributed by atoms with van der Waals surface area (Å²) in [6.45, 7) is 2.02. The van der Waals surface area contributed by atoms with E-state index in [0.717, 1.165) is 23.0 Å². The van der Waals surface area contributed by atoms with Gasteiger partial charge in [0.1, 0.15) is 0 Å². The quantitative estimate of drug-likeness (QED) is 0.788. The predicted octanol–water partition coefficient (Wildman–Crippen LogP) is 2.86. The molecule has 0 saturated carbocycles. The zero-order valence-electron chi connectivity index (χ0n) is 9.95. The highest BCUT2D eigenvalue weighted by molar-refractivity contribution is 6.28. The lowest BCUT2D eigenvalue weighted by Gasteiger charge is -2.10. The van der Waals surface area contributed by atoms with E-state index in [1.807, 2.05) is 13.0 Å². The van der Waals surface area contributed by atoms with Gasteiger partial charge in [-0.05, 0) is 24.1 Å². The molecule has 0 atom stereocenters. The number of halogens is 1. The second-order valence-electron chi connectivity index (χ2n) is 3.52. The van der Waals surface area contributed by atoms with Gasteiger partial charge in [-0.2, -0.15) is 0 Å². The standard InChI is InChI=1S/C12H13ClN2O2/c1-4-8-7-5-10(16-2)11(17-3)6-9(7)15-12(13)14-8/h5-6H,4H2,1-3H3. The molecular weight excluding hydrogens is 240 g/mol. The number of nitrogens with zero attached hydrogens (tertiary/aromatic N) is 2. The first-order chi connectivity index (χ1) is 8.19. The molecule has 0 spiro atoms. The monoisotopic (exact) mass is 252 g/mol. The molecule has 90 valence electrons. The van der Waals surface area contributed by atoms with E-state index in [1.54, 1.807) is 20.3 Å². The van der Waals surface area contributed by atoms with Crippen LogP contribution in [-0.4, -0.2) is 24.2 Å².